The van der Waals surface area contributed by atoms with Crippen LogP contribution < -0.4 is 10.1 Å². The van der Waals surface area contributed by atoms with E-state index in [0.29, 0.717) is 5.75 Å². The molecule has 0 bridgehead atoms. The summed E-state index contributed by atoms with van der Waals surface area (Å²) in [5.41, 5.74) is 0.740. The van der Waals surface area contributed by atoms with Crippen LogP contribution in [0.2, 0.25) is 0 Å². The molecule has 1 N–H and O–H groups in total. The van der Waals surface area contributed by atoms with Crippen LogP contribution in [0.4, 0.5) is 16.0 Å². The Morgan fingerprint density at radius 1 is 0.760 bits per heavy atom. The van der Waals surface area contributed by atoms with Crippen molar-refractivity contribution in [2.24, 2.45) is 0 Å². The molecular weight excluding hydrogens is 319 g/mol. The van der Waals surface area contributed by atoms with E-state index in [1.807, 2.05) is 66.7 Å². The third-order valence-corrected chi connectivity index (χ3v) is 3.57. The van der Waals surface area contributed by atoms with Crippen molar-refractivity contribution in [3.05, 3.63) is 78.9 Å². The maximum absolute atomic E-state index is 13.8. The highest BCUT2D eigenvalue weighted by Crippen LogP contribution is 2.28. The Morgan fingerprint density at radius 3 is 2.40 bits per heavy atom. The van der Waals surface area contributed by atoms with Gasteiger partial charge in [-0.3, -0.25) is 0 Å². The van der Waals surface area contributed by atoms with Gasteiger partial charge in [0.25, 0.3) is 0 Å². The molecule has 0 aliphatic rings. The zero-order valence-corrected chi connectivity index (χ0v) is 13.1. The van der Waals surface area contributed by atoms with Crippen molar-refractivity contribution in [1.29, 1.82) is 0 Å². The maximum Gasteiger partial charge on any atom is 0.329 e. The second-order valence-corrected chi connectivity index (χ2v) is 5.28. The minimum Gasteiger partial charge on any atom is -0.423 e. The third kappa shape index (κ3) is 3.37. The first-order valence-electron chi connectivity index (χ1n) is 7.67. The van der Waals surface area contributed by atoms with Crippen molar-refractivity contribution in [2.45, 2.75) is 0 Å². The van der Waals surface area contributed by atoms with Crippen LogP contribution >= 0.6 is 0 Å². The Kier molecular flexibility index (Phi) is 3.92. The lowest BCUT2D eigenvalue weighted by Gasteiger charge is -2.09. The minimum absolute atomic E-state index is 0.0777. The van der Waals surface area contributed by atoms with E-state index in [9.17, 15) is 4.39 Å². The summed E-state index contributed by atoms with van der Waals surface area (Å²) < 4.78 is 19.5. The summed E-state index contributed by atoms with van der Waals surface area (Å²) in [6, 6.07) is 22.5. The van der Waals surface area contributed by atoms with Crippen LogP contribution in [0.3, 0.4) is 0 Å². The first kappa shape index (κ1) is 15.0. The fourth-order valence-corrected chi connectivity index (χ4v) is 2.47. The number of hydrogen-bond donors (Lipinski definition) is 1. The average molecular weight is 332 g/mol. The number of para-hydroxylation sites is 1. The standard InChI is InChI=1S/C19H13FN4O/c20-17-22-18(21-14-9-2-1-3-10-14)24-19(23-17)25-16-12-6-8-13-7-4-5-11-15(13)16/h1-12H,(H,21,22,23,24). The van der Waals surface area contributed by atoms with Gasteiger partial charge in [-0.2, -0.15) is 14.4 Å². The van der Waals surface area contributed by atoms with Gasteiger partial charge in [0.05, 0.1) is 0 Å². The van der Waals surface area contributed by atoms with Gasteiger partial charge in [-0.05, 0) is 23.6 Å². The lowest BCUT2D eigenvalue weighted by atomic mass is 10.1. The molecule has 0 saturated carbocycles. The Balaban J connectivity index is 1.66. The molecule has 0 aliphatic carbocycles. The van der Waals surface area contributed by atoms with Crippen LogP contribution in [0.1, 0.15) is 0 Å². The zero-order valence-electron chi connectivity index (χ0n) is 13.1. The van der Waals surface area contributed by atoms with Crippen molar-refractivity contribution >= 4 is 22.4 Å². The monoisotopic (exact) mass is 332 g/mol. The average Bonchev–Trinajstić information content (AvgIpc) is 2.62. The maximum atomic E-state index is 13.8. The molecule has 0 spiro atoms. The Morgan fingerprint density at radius 2 is 1.52 bits per heavy atom. The fourth-order valence-electron chi connectivity index (χ4n) is 2.47. The lowest BCUT2D eigenvalue weighted by molar-refractivity contribution is 0.418. The number of nitrogens with one attached hydrogen (secondary N) is 1. The SMILES string of the molecule is Fc1nc(Nc2ccccc2)nc(Oc2cccc3ccccc23)n1. The van der Waals surface area contributed by atoms with Crippen molar-refractivity contribution in [1.82, 2.24) is 15.0 Å². The summed E-state index contributed by atoms with van der Waals surface area (Å²) in [4.78, 5) is 11.4. The van der Waals surface area contributed by atoms with Gasteiger partial charge < -0.3 is 10.1 Å². The molecule has 0 amide bonds. The van der Waals surface area contributed by atoms with Crippen molar-refractivity contribution in [2.75, 3.05) is 5.32 Å². The van der Waals surface area contributed by atoms with E-state index in [1.165, 1.54) is 0 Å². The zero-order chi connectivity index (χ0) is 17.1. The molecule has 3 aromatic carbocycles. The molecule has 0 unspecified atom stereocenters. The number of hydrogen-bond acceptors (Lipinski definition) is 5. The second-order valence-electron chi connectivity index (χ2n) is 5.28. The van der Waals surface area contributed by atoms with Gasteiger partial charge in [0.1, 0.15) is 5.75 Å². The number of nitrogens with zero attached hydrogens (tertiary/aromatic N) is 3. The molecule has 25 heavy (non-hydrogen) atoms. The van der Waals surface area contributed by atoms with Crippen LogP contribution in [-0.4, -0.2) is 15.0 Å². The van der Waals surface area contributed by atoms with Gasteiger partial charge in [-0.25, -0.2) is 0 Å². The first-order chi connectivity index (χ1) is 12.3. The first-order valence-corrected chi connectivity index (χ1v) is 7.67. The molecule has 0 atom stereocenters. The number of fused-ring (bicyclic) bond motifs is 1. The lowest BCUT2D eigenvalue weighted by Crippen LogP contribution is -2.03. The van der Waals surface area contributed by atoms with Crippen LogP contribution in [0.5, 0.6) is 11.8 Å². The Labute approximate surface area is 143 Å². The number of benzene rings is 3. The molecule has 1 heterocycles. The van der Waals surface area contributed by atoms with Gasteiger partial charge in [-0.15, -0.1) is 4.98 Å². The summed E-state index contributed by atoms with van der Waals surface area (Å²) >= 11 is 0. The Bertz CT molecular complexity index is 1020. The molecule has 6 heteroatoms. The van der Waals surface area contributed by atoms with Gasteiger partial charge in [0.15, 0.2) is 0 Å². The van der Waals surface area contributed by atoms with Gasteiger partial charge in [-0.1, -0.05) is 54.6 Å². The number of rotatable bonds is 4. The fraction of sp³-hybridized carbons (Fsp3) is 0. The second kappa shape index (κ2) is 6.52. The Hall–Kier alpha value is -3.54. The van der Waals surface area contributed by atoms with Crippen molar-refractivity contribution in [3.8, 4) is 11.8 Å². The highest BCUT2D eigenvalue weighted by atomic mass is 19.1. The molecule has 0 saturated heterocycles. The summed E-state index contributed by atoms with van der Waals surface area (Å²) in [7, 11) is 0. The van der Waals surface area contributed by atoms with Gasteiger partial charge >= 0.3 is 12.1 Å². The van der Waals surface area contributed by atoms with E-state index in [4.69, 9.17) is 4.74 Å². The van der Waals surface area contributed by atoms with E-state index in [2.05, 4.69) is 20.3 Å². The number of halogens is 1. The molecule has 0 fully saturated rings. The van der Waals surface area contributed by atoms with Crippen LogP contribution in [0, 0.1) is 6.08 Å². The number of aromatic nitrogens is 3. The van der Waals surface area contributed by atoms with Crippen molar-refractivity contribution < 1.29 is 9.13 Å². The normalized spacial score (nSPS) is 10.6. The predicted octanol–water partition coefficient (Wildman–Crippen LogP) is 4.70. The van der Waals surface area contributed by atoms with E-state index >= 15 is 0 Å². The van der Waals surface area contributed by atoms with Crippen molar-refractivity contribution in [3.63, 3.8) is 0 Å². The van der Waals surface area contributed by atoms with Gasteiger partial charge in [0.2, 0.25) is 5.95 Å². The number of anilines is 2. The molecule has 4 rings (SSSR count). The van der Waals surface area contributed by atoms with Crippen LogP contribution in [0.15, 0.2) is 72.8 Å². The van der Waals surface area contributed by atoms with E-state index < -0.39 is 6.08 Å². The molecule has 0 aliphatic heterocycles. The number of ether oxygens (including phenoxy) is 1. The molecule has 122 valence electrons. The summed E-state index contributed by atoms with van der Waals surface area (Å²) in [6.45, 7) is 0. The summed E-state index contributed by atoms with van der Waals surface area (Å²) in [5, 5.41) is 4.83. The highest BCUT2D eigenvalue weighted by Gasteiger charge is 2.10. The third-order valence-electron chi connectivity index (χ3n) is 3.57. The van der Waals surface area contributed by atoms with Crippen LogP contribution in [0.25, 0.3) is 10.8 Å². The quantitative estimate of drug-likeness (QED) is 0.587. The molecule has 4 aromatic rings. The minimum atomic E-state index is -0.913. The van der Waals surface area contributed by atoms with Gasteiger partial charge in [0, 0.05) is 11.1 Å². The summed E-state index contributed by atoms with van der Waals surface area (Å²) in [6.07, 6.45) is -0.913. The topological polar surface area (TPSA) is 59.9 Å². The molecular formula is C19H13FN4O. The molecule has 1 aromatic heterocycles. The predicted molar refractivity (Wildman–Crippen MR) is 93.5 cm³/mol. The van der Waals surface area contributed by atoms with E-state index in [0.717, 1.165) is 16.5 Å². The van der Waals surface area contributed by atoms with E-state index in [1.54, 1.807) is 6.07 Å². The molecule has 5 nitrogen and oxygen atoms in total. The van der Waals surface area contributed by atoms with Crippen LogP contribution in [-0.2, 0) is 0 Å². The highest BCUT2D eigenvalue weighted by molar-refractivity contribution is 5.88. The largest absolute Gasteiger partial charge is 0.423 e. The van der Waals surface area contributed by atoms with E-state index in [-0.39, 0.29) is 12.0 Å². The summed E-state index contributed by atoms with van der Waals surface area (Å²) in [5.74, 6) is 0.628. The molecule has 0 radical (unpaired) electrons. The smallest absolute Gasteiger partial charge is 0.329 e.